The molecule has 3 aromatic rings. The van der Waals surface area contributed by atoms with Crippen LogP contribution < -0.4 is 4.90 Å². The number of nitrogens with zero attached hydrogens (tertiary/aromatic N) is 7. The van der Waals surface area contributed by atoms with E-state index in [4.69, 9.17) is 19.8 Å². The molecule has 148 valence electrons. The molecular formula is C20H27N7O. The number of aromatic nitrogens is 6. The molecule has 2 aliphatic heterocycles. The van der Waals surface area contributed by atoms with Gasteiger partial charge in [-0.3, -0.25) is 4.68 Å². The van der Waals surface area contributed by atoms with E-state index < -0.39 is 0 Å². The number of hydrogen-bond acceptors (Lipinski definition) is 6. The minimum atomic E-state index is 0.409. The fourth-order valence-electron chi connectivity index (χ4n) is 4.76. The van der Waals surface area contributed by atoms with Crippen molar-refractivity contribution in [3.63, 3.8) is 0 Å². The zero-order chi connectivity index (χ0) is 19.3. The van der Waals surface area contributed by atoms with Crippen molar-refractivity contribution in [3.8, 4) is 0 Å². The lowest BCUT2D eigenvalue weighted by molar-refractivity contribution is 0.0848. The molecule has 0 atom stereocenters. The molecule has 1 fully saturated rings. The van der Waals surface area contributed by atoms with E-state index in [2.05, 4.69) is 16.9 Å². The molecule has 0 N–H and O–H groups in total. The van der Waals surface area contributed by atoms with Gasteiger partial charge in [-0.2, -0.15) is 10.2 Å². The van der Waals surface area contributed by atoms with Crippen LogP contribution in [0.1, 0.15) is 54.2 Å². The lowest BCUT2D eigenvalue weighted by Crippen LogP contribution is -2.32. The van der Waals surface area contributed by atoms with Gasteiger partial charge in [0.2, 0.25) is 0 Å². The van der Waals surface area contributed by atoms with E-state index in [0.29, 0.717) is 5.92 Å². The minimum Gasteiger partial charge on any atom is -0.381 e. The lowest BCUT2D eigenvalue weighted by atomic mass is 9.95. The summed E-state index contributed by atoms with van der Waals surface area (Å²) in [5.74, 6) is 2.33. The van der Waals surface area contributed by atoms with Crippen LogP contribution >= 0.6 is 0 Å². The summed E-state index contributed by atoms with van der Waals surface area (Å²) < 4.78 is 9.57. The molecule has 8 heteroatoms. The maximum atomic E-state index is 5.57. The van der Waals surface area contributed by atoms with Crippen molar-refractivity contribution in [2.45, 2.75) is 52.0 Å². The largest absolute Gasteiger partial charge is 0.381 e. The fraction of sp³-hybridized carbons (Fsp3) is 0.600. The van der Waals surface area contributed by atoms with Crippen LogP contribution in [0.25, 0.3) is 5.52 Å². The Balaban J connectivity index is 1.59. The molecule has 0 aliphatic carbocycles. The average molecular weight is 381 g/mol. The highest BCUT2D eigenvalue weighted by atomic mass is 16.5. The van der Waals surface area contributed by atoms with Crippen molar-refractivity contribution < 1.29 is 4.74 Å². The molecule has 3 aromatic heterocycles. The Morgan fingerprint density at radius 3 is 2.86 bits per heavy atom. The van der Waals surface area contributed by atoms with E-state index in [1.807, 2.05) is 23.2 Å². The zero-order valence-corrected chi connectivity index (χ0v) is 16.9. The predicted molar refractivity (Wildman–Crippen MR) is 106 cm³/mol. The van der Waals surface area contributed by atoms with E-state index in [9.17, 15) is 0 Å². The molecule has 5 heterocycles. The summed E-state index contributed by atoms with van der Waals surface area (Å²) in [6.45, 7) is 7.58. The van der Waals surface area contributed by atoms with Gasteiger partial charge in [0.25, 0.3) is 0 Å². The smallest absolute Gasteiger partial charge is 0.158 e. The SMILES string of the molecule is CCc1c2c(nn1C)CCN(c1ncnn3c(C)nc(C4CCOCC4)c13)C2. The van der Waals surface area contributed by atoms with Gasteiger partial charge >= 0.3 is 0 Å². The van der Waals surface area contributed by atoms with Crippen molar-refractivity contribution in [1.82, 2.24) is 29.4 Å². The molecule has 0 bridgehead atoms. The van der Waals surface area contributed by atoms with E-state index >= 15 is 0 Å². The summed E-state index contributed by atoms with van der Waals surface area (Å²) in [5, 5.41) is 9.24. The van der Waals surface area contributed by atoms with Crippen LogP contribution in [0.15, 0.2) is 6.33 Å². The predicted octanol–water partition coefficient (Wildman–Crippen LogP) is 2.19. The third-order valence-corrected chi connectivity index (χ3v) is 6.17. The molecular weight excluding hydrogens is 354 g/mol. The number of ether oxygens (including phenoxy) is 1. The Kier molecular flexibility index (Phi) is 4.30. The van der Waals surface area contributed by atoms with Crippen LogP contribution in [0.5, 0.6) is 0 Å². The number of anilines is 1. The normalized spacial score (nSPS) is 18.0. The first-order chi connectivity index (χ1) is 13.7. The quantitative estimate of drug-likeness (QED) is 0.692. The second-order valence-electron chi connectivity index (χ2n) is 7.80. The van der Waals surface area contributed by atoms with Gasteiger partial charge in [0.1, 0.15) is 17.7 Å². The van der Waals surface area contributed by atoms with Gasteiger partial charge in [0, 0.05) is 56.9 Å². The topological polar surface area (TPSA) is 73.4 Å². The Bertz CT molecular complexity index is 1020. The summed E-state index contributed by atoms with van der Waals surface area (Å²) in [7, 11) is 2.05. The van der Waals surface area contributed by atoms with Crippen LogP contribution in [-0.2, 0) is 31.2 Å². The van der Waals surface area contributed by atoms with Gasteiger partial charge in [0.15, 0.2) is 5.82 Å². The van der Waals surface area contributed by atoms with Gasteiger partial charge < -0.3 is 9.64 Å². The molecule has 0 aromatic carbocycles. The third kappa shape index (κ3) is 2.70. The molecule has 5 rings (SSSR count). The monoisotopic (exact) mass is 381 g/mol. The molecule has 8 nitrogen and oxygen atoms in total. The van der Waals surface area contributed by atoms with E-state index in [1.165, 1.54) is 17.0 Å². The summed E-state index contributed by atoms with van der Waals surface area (Å²) in [6.07, 6.45) is 5.61. The van der Waals surface area contributed by atoms with E-state index in [-0.39, 0.29) is 0 Å². The zero-order valence-electron chi connectivity index (χ0n) is 16.9. The Morgan fingerprint density at radius 2 is 2.07 bits per heavy atom. The summed E-state index contributed by atoms with van der Waals surface area (Å²) in [4.78, 5) is 12.0. The van der Waals surface area contributed by atoms with Crippen LogP contribution in [0, 0.1) is 6.92 Å². The molecule has 0 spiro atoms. The first-order valence-corrected chi connectivity index (χ1v) is 10.2. The Hall–Kier alpha value is -2.48. The maximum absolute atomic E-state index is 5.57. The highest BCUT2D eigenvalue weighted by molar-refractivity contribution is 5.73. The number of imidazole rings is 1. The van der Waals surface area contributed by atoms with Gasteiger partial charge in [-0.15, -0.1) is 0 Å². The second kappa shape index (κ2) is 6.84. The summed E-state index contributed by atoms with van der Waals surface area (Å²) in [6, 6.07) is 0. The van der Waals surface area contributed by atoms with Crippen LogP contribution in [0.3, 0.4) is 0 Å². The summed E-state index contributed by atoms with van der Waals surface area (Å²) in [5.41, 5.74) is 6.10. The Labute approximate surface area is 164 Å². The number of aryl methyl sites for hydroxylation is 2. The van der Waals surface area contributed by atoms with Gasteiger partial charge in [-0.05, 0) is 26.2 Å². The van der Waals surface area contributed by atoms with E-state index in [0.717, 1.165) is 74.8 Å². The molecule has 0 amide bonds. The molecule has 28 heavy (non-hydrogen) atoms. The lowest BCUT2D eigenvalue weighted by Gasteiger charge is -2.29. The Morgan fingerprint density at radius 1 is 1.25 bits per heavy atom. The van der Waals surface area contributed by atoms with Crippen molar-refractivity contribution in [1.29, 1.82) is 0 Å². The van der Waals surface area contributed by atoms with Crippen molar-refractivity contribution >= 4 is 11.3 Å². The molecule has 2 aliphatic rings. The highest BCUT2D eigenvalue weighted by Crippen LogP contribution is 2.35. The number of hydrogen-bond donors (Lipinski definition) is 0. The van der Waals surface area contributed by atoms with Crippen molar-refractivity contribution in [3.05, 3.63) is 34.8 Å². The summed E-state index contributed by atoms with van der Waals surface area (Å²) >= 11 is 0. The first-order valence-electron chi connectivity index (χ1n) is 10.2. The molecule has 0 saturated carbocycles. The van der Waals surface area contributed by atoms with Gasteiger partial charge in [0.05, 0.1) is 11.4 Å². The van der Waals surface area contributed by atoms with Crippen molar-refractivity contribution in [2.75, 3.05) is 24.7 Å². The highest BCUT2D eigenvalue weighted by Gasteiger charge is 2.29. The molecule has 1 saturated heterocycles. The second-order valence-corrected chi connectivity index (χ2v) is 7.80. The van der Waals surface area contributed by atoms with Gasteiger partial charge in [-0.25, -0.2) is 14.5 Å². The number of fused-ring (bicyclic) bond motifs is 2. The van der Waals surface area contributed by atoms with Crippen molar-refractivity contribution in [2.24, 2.45) is 7.05 Å². The van der Waals surface area contributed by atoms with Crippen LogP contribution in [-0.4, -0.2) is 49.1 Å². The maximum Gasteiger partial charge on any atom is 0.158 e. The third-order valence-electron chi connectivity index (χ3n) is 6.17. The fourth-order valence-corrected chi connectivity index (χ4v) is 4.76. The van der Waals surface area contributed by atoms with E-state index in [1.54, 1.807) is 6.33 Å². The van der Waals surface area contributed by atoms with Gasteiger partial charge in [-0.1, -0.05) is 6.92 Å². The molecule has 0 radical (unpaired) electrons. The standard InChI is InChI=1S/C20H27N7O/c1-4-17-15-11-26(8-5-16(15)24-25(17)3)20-19-18(14-6-9-28-10-7-14)23-13(2)27(19)22-12-21-20/h12,14H,4-11H2,1-3H3. The first kappa shape index (κ1) is 17.6. The average Bonchev–Trinajstić information content (AvgIpc) is 3.24. The molecule has 0 unspecified atom stereocenters. The van der Waals surface area contributed by atoms with Crippen LogP contribution in [0.4, 0.5) is 5.82 Å². The number of rotatable bonds is 3. The minimum absolute atomic E-state index is 0.409. The van der Waals surface area contributed by atoms with Crippen LogP contribution in [0.2, 0.25) is 0 Å².